The van der Waals surface area contributed by atoms with Crippen LogP contribution < -0.4 is 10.6 Å². The van der Waals surface area contributed by atoms with Crippen LogP contribution in [0.2, 0.25) is 5.02 Å². The lowest BCUT2D eigenvalue weighted by molar-refractivity contribution is 0.234. The molecule has 0 aliphatic heterocycles. The molecule has 1 aromatic carbocycles. The number of nitrogens with one attached hydrogen (secondary N) is 2. The summed E-state index contributed by atoms with van der Waals surface area (Å²) in [6, 6.07) is 7.20. The van der Waals surface area contributed by atoms with E-state index in [4.69, 9.17) is 11.6 Å². The second-order valence-electron chi connectivity index (χ2n) is 5.51. The van der Waals surface area contributed by atoms with E-state index >= 15 is 0 Å². The number of carbonyl (C=O) groups is 1. The Bertz CT molecular complexity index is 601. The number of aromatic nitrogens is 1. The molecule has 4 nitrogen and oxygen atoms in total. The van der Waals surface area contributed by atoms with E-state index < -0.39 is 0 Å². The molecule has 0 spiro atoms. The first-order valence-corrected chi connectivity index (χ1v) is 8.48. The minimum absolute atomic E-state index is 0.0561. The summed E-state index contributed by atoms with van der Waals surface area (Å²) in [5, 5.41) is 9.39. The molecular formula is C16H20ClN3OS. The van der Waals surface area contributed by atoms with Crippen LogP contribution in [-0.2, 0) is 6.54 Å². The fourth-order valence-electron chi connectivity index (χ4n) is 2.14. The Labute approximate surface area is 139 Å². The van der Waals surface area contributed by atoms with E-state index in [1.165, 1.54) is 0 Å². The lowest BCUT2D eigenvalue weighted by Crippen LogP contribution is -2.38. The number of urea groups is 1. The maximum Gasteiger partial charge on any atom is 0.315 e. The Morgan fingerprint density at radius 3 is 2.86 bits per heavy atom. The molecule has 0 aliphatic rings. The summed E-state index contributed by atoms with van der Waals surface area (Å²) in [5.74, 6) is 0.474. The number of thiazole rings is 1. The molecule has 1 aromatic heterocycles. The predicted octanol–water partition coefficient (Wildman–Crippen LogP) is 4.38. The summed E-state index contributed by atoms with van der Waals surface area (Å²) in [6.45, 7) is 4.71. The molecule has 2 amide bonds. The molecule has 1 unspecified atom stereocenters. The normalized spacial score (nSPS) is 12.2. The molecule has 2 aromatic rings. The number of halogens is 1. The van der Waals surface area contributed by atoms with Crippen LogP contribution in [0.15, 0.2) is 35.8 Å². The lowest BCUT2D eigenvalue weighted by Gasteiger charge is -2.19. The van der Waals surface area contributed by atoms with E-state index in [-0.39, 0.29) is 12.1 Å². The molecule has 0 saturated heterocycles. The molecule has 0 aliphatic carbocycles. The topological polar surface area (TPSA) is 54.0 Å². The van der Waals surface area contributed by atoms with Gasteiger partial charge in [0.05, 0.1) is 6.04 Å². The number of amides is 2. The van der Waals surface area contributed by atoms with Crippen molar-refractivity contribution in [3.05, 3.63) is 51.4 Å². The van der Waals surface area contributed by atoms with Gasteiger partial charge >= 0.3 is 6.03 Å². The largest absolute Gasteiger partial charge is 0.334 e. The monoisotopic (exact) mass is 337 g/mol. The number of hydrogen-bond acceptors (Lipinski definition) is 3. The molecule has 118 valence electrons. The van der Waals surface area contributed by atoms with Gasteiger partial charge in [-0.05, 0) is 30.0 Å². The number of carbonyl (C=O) groups excluding carboxylic acids is 1. The van der Waals surface area contributed by atoms with Gasteiger partial charge in [0.1, 0.15) is 5.01 Å². The second-order valence-corrected chi connectivity index (χ2v) is 6.87. The molecule has 1 atom stereocenters. The number of benzene rings is 1. The number of nitrogens with zero attached hydrogens (tertiary/aromatic N) is 1. The van der Waals surface area contributed by atoms with Gasteiger partial charge in [-0.15, -0.1) is 11.3 Å². The molecule has 2 rings (SSSR count). The third kappa shape index (κ3) is 5.31. The van der Waals surface area contributed by atoms with Crippen LogP contribution in [0.4, 0.5) is 4.79 Å². The van der Waals surface area contributed by atoms with Gasteiger partial charge < -0.3 is 10.6 Å². The van der Waals surface area contributed by atoms with Gasteiger partial charge in [-0.3, -0.25) is 0 Å². The van der Waals surface area contributed by atoms with Crippen LogP contribution in [-0.4, -0.2) is 11.0 Å². The molecule has 1 heterocycles. The summed E-state index contributed by atoms with van der Waals surface area (Å²) in [7, 11) is 0. The molecule has 0 saturated carbocycles. The van der Waals surface area contributed by atoms with Crippen LogP contribution in [0.3, 0.4) is 0 Å². The van der Waals surface area contributed by atoms with Gasteiger partial charge in [0, 0.05) is 23.1 Å². The van der Waals surface area contributed by atoms with E-state index in [9.17, 15) is 4.79 Å². The SMILES string of the molecule is CC(C)CC(NC(=O)NCc1cccc(Cl)c1)c1nccs1. The van der Waals surface area contributed by atoms with Crippen molar-refractivity contribution in [3.63, 3.8) is 0 Å². The molecule has 6 heteroatoms. The zero-order valence-electron chi connectivity index (χ0n) is 12.7. The fourth-order valence-corrected chi connectivity index (χ4v) is 3.05. The van der Waals surface area contributed by atoms with Crippen molar-refractivity contribution in [1.82, 2.24) is 15.6 Å². The number of rotatable bonds is 6. The van der Waals surface area contributed by atoms with Crippen molar-refractivity contribution in [2.24, 2.45) is 5.92 Å². The highest BCUT2D eigenvalue weighted by Gasteiger charge is 2.18. The first-order valence-electron chi connectivity index (χ1n) is 7.23. The lowest BCUT2D eigenvalue weighted by atomic mass is 10.0. The van der Waals surface area contributed by atoms with E-state index in [2.05, 4.69) is 29.5 Å². The first kappa shape index (κ1) is 16.8. The van der Waals surface area contributed by atoms with Crippen molar-refractivity contribution >= 4 is 29.0 Å². The predicted molar refractivity (Wildman–Crippen MR) is 91.1 cm³/mol. The Hall–Kier alpha value is -1.59. The van der Waals surface area contributed by atoms with Gasteiger partial charge in [-0.2, -0.15) is 0 Å². The average Bonchev–Trinajstić information content (AvgIpc) is 2.98. The van der Waals surface area contributed by atoms with E-state index in [0.717, 1.165) is 17.0 Å². The summed E-state index contributed by atoms with van der Waals surface area (Å²) in [6.07, 6.45) is 2.62. The van der Waals surface area contributed by atoms with Crippen molar-refractivity contribution in [2.75, 3.05) is 0 Å². The van der Waals surface area contributed by atoms with Crippen LogP contribution >= 0.6 is 22.9 Å². The van der Waals surface area contributed by atoms with Crippen molar-refractivity contribution in [3.8, 4) is 0 Å². The summed E-state index contributed by atoms with van der Waals surface area (Å²) < 4.78 is 0. The molecule has 0 radical (unpaired) electrons. The van der Waals surface area contributed by atoms with Crippen LogP contribution in [0.1, 0.15) is 36.9 Å². The second kappa shape index (κ2) is 8.15. The minimum atomic E-state index is -0.194. The highest BCUT2D eigenvalue weighted by atomic mass is 35.5. The molecular weight excluding hydrogens is 318 g/mol. The highest BCUT2D eigenvalue weighted by molar-refractivity contribution is 7.09. The average molecular weight is 338 g/mol. The summed E-state index contributed by atoms with van der Waals surface area (Å²) in [4.78, 5) is 16.4. The maximum atomic E-state index is 12.1. The van der Waals surface area contributed by atoms with Gasteiger partial charge in [0.25, 0.3) is 0 Å². The van der Waals surface area contributed by atoms with Crippen molar-refractivity contribution < 1.29 is 4.79 Å². The molecule has 22 heavy (non-hydrogen) atoms. The minimum Gasteiger partial charge on any atom is -0.334 e. The van der Waals surface area contributed by atoms with Crippen LogP contribution in [0, 0.1) is 5.92 Å². The standard InChI is InChI=1S/C16H20ClN3OS/c1-11(2)8-14(15-18-6-7-22-15)20-16(21)19-10-12-4-3-5-13(17)9-12/h3-7,9,11,14H,8,10H2,1-2H3,(H2,19,20,21). The summed E-state index contributed by atoms with van der Waals surface area (Å²) >= 11 is 7.49. The Morgan fingerprint density at radius 2 is 2.23 bits per heavy atom. The molecule has 0 bridgehead atoms. The van der Waals surface area contributed by atoms with Gasteiger partial charge in [-0.25, -0.2) is 9.78 Å². The van der Waals surface area contributed by atoms with Crippen LogP contribution in [0.5, 0.6) is 0 Å². The molecule has 0 fully saturated rings. The quantitative estimate of drug-likeness (QED) is 0.821. The zero-order valence-corrected chi connectivity index (χ0v) is 14.2. The maximum absolute atomic E-state index is 12.1. The van der Waals surface area contributed by atoms with Crippen LogP contribution in [0.25, 0.3) is 0 Å². The highest BCUT2D eigenvalue weighted by Crippen LogP contribution is 2.22. The van der Waals surface area contributed by atoms with Crippen molar-refractivity contribution in [2.45, 2.75) is 32.9 Å². The van der Waals surface area contributed by atoms with Gasteiger partial charge in [0.2, 0.25) is 0 Å². The molecule has 2 N–H and O–H groups in total. The zero-order chi connectivity index (χ0) is 15.9. The van der Waals surface area contributed by atoms with E-state index in [0.29, 0.717) is 17.5 Å². The Kier molecular flexibility index (Phi) is 6.21. The van der Waals surface area contributed by atoms with E-state index in [1.807, 2.05) is 29.6 Å². The Morgan fingerprint density at radius 1 is 1.41 bits per heavy atom. The van der Waals surface area contributed by atoms with Gasteiger partial charge in [-0.1, -0.05) is 37.6 Å². The third-order valence-electron chi connectivity index (χ3n) is 3.10. The smallest absolute Gasteiger partial charge is 0.315 e. The van der Waals surface area contributed by atoms with Gasteiger partial charge in [0.15, 0.2) is 0 Å². The number of hydrogen-bond donors (Lipinski definition) is 2. The Balaban J connectivity index is 1.91. The third-order valence-corrected chi connectivity index (χ3v) is 4.23. The fraction of sp³-hybridized carbons (Fsp3) is 0.375. The van der Waals surface area contributed by atoms with E-state index in [1.54, 1.807) is 17.5 Å². The first-order chi connectivity index (χ1) is 10.5. The van der Waals surface area contributed by atoms with Crippen molar-refractivity contribution in [1.29, 1.82) is 0 Å². The summed E-state index contributed by atoms with van der Waals surface area (Å²) in [5.41, 5.74) is 0.970.